The highest BCUT2D eigenvalue weighted by Crippen LogP contribution is 2.24. The monoisotopic (exact) mass is 234 g/mol. The largest absolute Gasteiger partial charge is 0.295 e. The molecule has 2 rings (SSSR count). The number of amides is 1. The third kappa shape index (κ3) is 2.39. The van der Waals surface area contributed by atoms with Crippen molar-refractivity contribution in [3.05, 3.63) is 22.2 Å². The first-order valence-electron chi connectivity index (χ1n) is 5.60. The van der Waals surface area contributed by atoms with E-state index in [1.54, 1.807) is 4.90 Å². The van der Waals surface area contributed by atoms with Crippen LogP contribution in [0.25, 0.3) is 10.4 Å². The fourth-order valence-corrected chi connectivity index (χ4v) is 1.95. The predicted octanol–water partition coefficient (Wildman–Crippen LogP) is 1.64. The van der Waals surface area contributed by atoms with E-state index in [1.165, 1.54) is 0 Å². The van der Waals surface area contributed by atoms with Gasteiger partial charge in [-0.25, -0.2) is 0 Å². The fraction of sp³-hybridized carbons (Fsp3) is 0.600. The molecule has 0 spiro atoms. The molecule has 1 unspecified atom stereocenters. The van der Waals surface area contributed by atoms with Crippen LogP contribution < -0.4 is 4.90 Å². The fourth-order valence-electron chi connectivity index (χ4n) is 1.95. The average molecular weight is 234 g/mol. The molecule has 1 aromatic heterocycles. The Bertz CT molecular complexity index is 461. The van der Waals surface area contributed by atoms with Crippen molar-refractivity contribution in [1.82, 2.24) is 10.2 Å². The summed E-state index contributed by atoms with van der Waals surface area (Å²) in [6.07, 6.45) is 1.28. The first kappa shape index (κ1) is 11.5. The molecule has 1 atom stereocenters. The Morgan fingerprint density at radius 1 is 1.76 bits per heavy atom. The quantitative estimate of drug-likeness (QED) is 0.486. The van der Waals surface area contributed by atoms with Gasteiger partial charge in [0.2, 0.25) is 5.91 Å². The molecule has 1 fully saturated rings. The van der Waals surface area contributed by atoms with E-state index < -0.39 is 0 Å². The normalized spacial score (nSPS) is 19.5. The number of H-pyrrole nitrogens is 1. The first-order valence-corrected chi connectivity index (χ1v) is 5.60. The van der Waals surface area contributed by atoms with Crippen molar-refractivity contribution in [2.75, 3.05) is 18.0 Å². The Hall–Kier alpha value is -2.01. The lowest BCUT2D eigenvalue weighted by Crippen LogP contribution is -2.25. The molecule has 1 aliphatic heterocycles. The molecule has 0 aliphatic carbocycles. The van der Waals surface area contributed by atoms with Gasteiger partial charge in [0.15, 0.2) is 5.82 Å². The summed E-state index contributed by atoms with van der Waals surface area (Å²) >= 11 is 0. The van der Waals surface area contributed by atoms with E-state index in [0.717, 1.165) is 12.1 Å². The molecule has 7 nitrogen and oxygen atoms in total. The zero-order chi connectivity index (χ0) is 12.3. The summed E-state index contributed by atoms with van der Waals surface area (Å²) in [4.78, 5) is 16.1. The molecular formula is C10H14N6O. The van der Waals surface area contributed by atoms with Crippen LogP contribution in [0.5, 0.6) is 0 Å². The molecule has 0 aromatic carbocycles. The predicted molar refractivity (Wildman–Crippen MR) is 62.4 cm³/mol. The van der Waals surface area contributed by atoms with Crippen LogP contribution >= 0.6 is 0 Å². The van der Waals surface area contributed by atoms with Crippen LogP contribution in [0.3, 0.4) is 0 Å². The smallest absolute Gasteiger partial charge is 0.228 e. The second kappa shape index (κ2) is 4.88. The summed E-state index contributed by atoms with van der Waals surface area (Å²) in [5.74, 6) is 0.799. The summed E-state index contributed by atoms with van der Waals surface area (Å²) in [7, 11) is 0. The summed E-state index contributed by atoms with van der Waals surface area (Å²) < 4.78 is 0. The number of carbonyl (C=O) groups excluding carboxylic acids is 1. The number of carbonyl (C=O) groups is 1. The number of aromatic amines is 1. The summed E-state index contributed by atoms with van der Waals surface area (Å²) in [6.45, 7) is 2.96. The molecule has 1 saturated heterocycles. The summed E-state index contributed by atoms with van der Waals surface area (Å²) in [5.41, 5.74) is 9.26. The number of hydrogen-bond acceptors (Lipinski definition) is 3. The number of hydrogen-bond donors (Lipinski definition) is 1. The van der Waals surface area contributed by atoms with Gasteiger partial charge in [-0.05, 0) is 17.9 Å². The van der Waals surface area contributed by atoms with Crippen molar-refractivity contribution in [3.63, 3.8) is 0 Å². The van der Waals surface area contributed by atoms with E-state index in [4.69, 9.17) is 5.53 Å². The van der Waals surface area contributed by atoms with Crippen molar-refractivity contribution in [2.45, 2.75) is 19.8 Å². The Morgan fingerprint density at radius 3 is 3.24 bits per heavy atom. The van der Waals surface area contributed by atoms with Crippen molar-refractivity contribution >= 4 is 11.7 Å². The van der Waals surface area contributed by atoms with Crippen LogP contribution in [0.2, 0.25) is 0 Å². The molecule has 1 N–H and O–H groups in total. The lowest BCUT2D eigenvalue weighted by molar-refractivity contribution is -0.117. The number of azide groups is 1. The lowest BCUT2D eigenvalue weighted by Gasteiger charge is -2.12. The molecule has 1 amide bonds. The van der Waals surface area contributed by atoms with Crippen LogP contribution in [0.1, 0.15) is 19.0 Å². The van der Waals surface area contributed by atoms with Gasteiger partial charge in [0, 0.05) is 36.2 Å². The second-order valence-electron chi connectivity index (χ2n) is 4.09. The maximum absolute atomic E-state index is 11.8. The van der Waals surface area contributed by atoms with Gasteiger partial charge in [-0.3, -0.25) is 14.8 Å². The summed E-state index contributed by atoms with van der Waals surface area (Å²) in [5, 5.41) is 10.5. The average Bonchev–Trinajstić information content (AvgIpc) is 2.92. The first-order chi connectivity index (χ1) is 8.24. The molecule has 0 radical (unpaired) electrons. The van der Waals surface area contributed by atoms with E-state index in [-0.39, 0.29) is 11.8 Å². The molecule has 7 heteroatoms. The third-order valence-corrected chi connectivity index (χ3v) is 2.88. The molecule has 1 aromatic rings. The molecule has 17 heavy (non-hydrogen) atoms. The highest BCUT2D eigenvalue weighted by atomic mass is 16.2. The van der Waals surface area contributed by atoms with Gasteiger partial charge in [-0.1, -0.05) is 12.0 Å². The number of aromatic nitrogens is 2. The molecular weight excluding hydrogens is 220 g/mol. The minimum Gasteiger partial charge on any atom is -0.295 e. The van der Waals surface area contributed by atoms with Gasteiger partial charge in [0.25, 0.3) is 0 Å². The third-order valence-electron chi connectivity index (χ3n) is 2.88. The second-order valence-corrected chi connectivity index (χ2v) is 4.09. The standard InChI is InChI=1S/C10H14N6O/c1-2-8-4-9(14-13-8)16-6-7(3-10(16)17)5-12-15-11/h4,7H,2-3,5-6H2,1H3,(H,13,14). The zero-order valence-corrected chi connectivity index (χ0v) is 9.63. The molecule has 0 bridgehead atoms. The number of nitrogens with zero attached hydrogens (tertiary/aromatic N) is 5. The van der Waals surface area contributed by atoms with Crippen LogP contribution in [0.15, 0.2) is 11.2 Å². The lowest BCUT2D eigenvalue weighted by atomic mass is 10.1. The maximum atomic E-state index is 11.8. The SMILES string of the molecule is CCc1cc(N2CC(CN=[N+]=[N-])CC2=O)n[nH]1. The Kier molecular flexibility index (Phi) is 3.30. The minimum absolute atomic E-state index is 0.0392. The number of anilines is 1. The van der Waals surface area contributed by atoms with Crippen LogP contribution in [-0.2, 0) is 11.2 Å². The molecule has 0 saturated carbocycles. The van der Waals surface area contributed by atoms with Crippen LogP contribution in [-0.4, -0.2) is 29.2 Å². The van der Waals surface area contributed by atoms with E-state index in [9.17, 15) is 4.79 Å². The van der Waals surface area contributed by atoms with E-state index >= 15 is 0 Å². The molecule has 2 heterocycles. The van der Waals surface area contributed by atoms with Gasteiger partial charge >= 0.3 is 0 Å². The number of nitrogens with one attached hydrogen (secondary N) is 1. The van der Waals surface area contributed by atoms with Crippen molar-refractivity contribution in [2.24, 2.45) is 11.0 Å². The van der Waals surface area contributed by atoms with Gasteiger partial charge in [0.1, 0.15) is 0 Å². The van der Waals surface area contributed by atoms with Crippen molar-refractivity contribution < 1.29 is 4.79 Å². The Balaban J connectivity index is 2.07. The molecule has 90 valence electrons. The van der Waals surface area contributed by atoms with Gasteiger partial charge in [0.05, 0.1) is 0 Å². The van der Waals surface area contributed by atoms with Crippen LogP contribution in [0, 0.1) is 5.92 Å². The number of rotatable bonds is 4. The van der Waals surface area contributed by atoms with E-state index in [1.807, 2.05) is 13.0 Å². The highest BCUT2D eigenvalue weighted by Gasteiger charge is 2.31. The van der Waals surface area contributed by atoms with Crippen LogP contribution in [0.4, 0.5) is 5.82 Å². The van der Waals surface area contributed by atoms with E-state index in [2.05, 4.69) is 20.2 Å². The highest BCUT2D eigenvalue weighted by molar-refractivity contribution is 5.94. The Labute approximate surface area is 98.4 Å². The Morgan fingerprint density at radius 2 is 2.59 bits per heavy atom. The summed E-state index contributed by atoms with van der Waals surface area (Å²) in [6, 6.07) is 1.88. The number of aryl methyl sites for hydroxylation is 1. The van der Waals surface area contributed by atoms with Crippen molar-refractivity contribution in [3.8, 4) is 0 Å². The minimum atomic E-state index is 0.0392. The van der Waals surface area contributed by atoms with Crippen molar-refractivity contribution in [1.29, 1.82) is 0 Å². The topological polar surface area (TPSA) is 97.8 Å². The zero-order valence-electron chi connectivity index (χ0n) is 9.63. The van der Waals surface area contributed by atoms with E-state index in [0.29, 0.717) is 25.3 Å². The maximum Gasteiger partial charge on any atom is 0.228 e. The molecule has 1 aliphatic rings. The van der Waals surface area contributed by atoms with Gasteiger partial charge in [-0.15, -0.1) is 0 Å². The van der Waals surface area contributed by atoms with Gasteiger partial charge in [-0.2, -0.15) is 5.10 Å². The van der Waals surface area contributed by atoms with Gasteiger partial charge < -0.3 is 0 Å².